The molecule has 1 heterocycles. The number of carboxylic acids is 1. The Morgan fingerprint density at radius 1 is 1.21 bits per heavy atom. The molecule has 0 aromatic carbocycles. The number of ether oxygens (including phenoxy) is 1. The third-order valence-corrected chi connectivity index (χ3v) is 5.11. The van der Waals surface area contributed by atoms with Crippen molar-refractivity contribution < 1.29 is 14.6 Å². The highest BCUT2D eigenvalue weighted by molar-refractivity contribution is 7.12. The summed E-state index contributed by atoms with van der Waals surface area (Å²) in [5.41, 5.74) is 4.32. The lowest BCUT2D eigenvalue weighted by Crippen LogP contribution is -1.94. The number of carbonyl (C=O) groups is 1. The van der Waals surface area contributed by atoms with Crippen LogP contribution >= 0.6 is 11.3 Å². The van der Waals surface area contributed by atoms with Crippen LogP contribution in [0.5, 0.6) is 0 Å². The summed E-state index contributed by atoms with van der Waals surface area (Å²) < 4.78 is 5.43. The van der Waals surface area contributed by atoms with Gasteiger partial charge in [0, 0.05) is 22.9 Å². The van der Waals surface area contributed by atoms with Crippen molar-refractivity contribution in [1.82, 2.24) is 0 Å². The van der Waals surface area contributed by atoms with Gasteiger partial charge in [-0.1, -0.05) is 36.0 Å². The molecule has 0 amide bonds. The van der Waals surface area contributed by atoms with Crippen molar-refractivity contribution in [2.24, 2.45) is 0 Å². The van der Waals surface area contributed by atoms with Crippen molar-refractivity contribution in [2.45, 2.75) is 40.7 Å². The zero-order valence-electron chi connectivity index (χ0n) is 15.2. The summed E-state index contributed by atoms with van der Waals surface area (Å²) >= 11 is 1.78. The SMILES string of the molecule is COC(C)c1sc(C)c(/C=C/C(C)=C/C=C/C(C)=C/C(=O)O)c1C. The van der Waals surface area contributed by atoms with Crippen LogP contribution in [-0.4, -0.2) is 18.2 Å². The molecule has 0 aliphatic heterocycles. The van der Waals surface area contributed by atoms with Gasteiger partial charge >= 0.3 is 5.97 Å². The average Bonchev–Trinajstić information content (AvgIpc) is 2.78. The summed E-state index contributed by atoms with van der Waals surface area (Å²) in [4.78, 5) is 13.1. The molecule has 130 valence electrons. The Morgan fingerprint density at radius 2 is 1.88 bits per heavy atom. The fourth-order valence-corrected chi connectivity index (χ4v) is 3.48. The molecule has 1 aromatic rings. The maximum absolute atomic E-state index is 10.6. The van der Waals surface area contributed by atoms with E-state index in [-0.39, 0.29) is 6.10 Å². The standard InChI is InChI=1S/C20H26O3S/c1-13(8-7-9-14(2)12-19(21)22)10-11-18-15(3)20(16(4)23-6)24-17(18)5/h7-12,16H,1-6H3,(H,21,22)/b9-7+,11-10+,13-8+,14-12+. The highest BCUT2D eigenvalue weighted by Gasteiger charge is 2.14. The number of carboxylic acid groups (broad SMARTS) is 1. The summed E-state index contributed by atoms with van der Waals surface area (Å²) in [5.74, 6) is -0.928. The van der Waals surface area contributed by atoms with E-state index in [9.17, 15) is 4.79 Å². The van der Waals surface area contributed by atoms with Crippen LogP contribution in [0.4, 0.5) is 0 Å². The van der Waals surface area contributed by atoms with Gasteiger partial charge in [-0.05, 0) is 51.3 Å². The minimum absolute atomic E-state index is 0.111. The van der Waals surface area contributed by atoms with Gasteiger partial charge < -0.3 is 9.84 Å². The maximum atomic E-state index is 10.6. The third kappa shape index (κ3) is 5.95. The molecule has 1 rings (SSSR count). The number of thiophene rings is 1. The third-order valence-electron chi connectivity index (χ3n) is 3.72. The normalized spacial score (nSPS) is 14.8. The quantitative estimate of drug-likeness (QED) is 0.515. The molecular weight excluding hydrogens is 320 g/mol. The minimum Gasteiger partial charge on any atom is -0.478 e. The molecule has 0 spiro atoms. The summed E-state index contributed by atoms with van der Waals surface area (Å²) in [6.07, 6.45) is 11.1. The highest BCUT2D eigenvalue weighted by atomic mass is 32.1. The van der Waals surface area contributed by atoms with Crippen molar-refractivity contribution in [2.75, 3.05) is 7.11 Å². The number of rotatable bonds is 7. The van der Waals surface area contributed by atoms with E-state index in [4.69, 9.17) is 9.84 Å². The molecule has 1 aromatic heterocycles. The molecular formula is C20H26O3S. The zero-order valence-corrected chi connectivity index (χ0v) is 16.0. The Bertz CT molecular complexity index is 703. The molecule has 0 radical (unpaired) electrons. The van der Waals surface area contributed by atoms with Gasteiger partial charge in [0.15, 0.2) is 0 Å². The minimum atomic E-state index is -0.928. The lowest BCUT2D eigenvalue weighted by atomic mass is 10.1. The number of hydrogen-bond donors (Lipinski definition) is 1. The fourth-order valence-electron chi connectivity index (χ4n) is 2.30. The molecule has 0 saturated carbocycles. The van der Waals surface area contributed by atoms with Crippen molar-refractivity contribution in [3.05, 3.63) is 62.4 Å². The zero-order chi connectivity index (χ0) is 18.3. The van der Waals surface area contributed by atoms with E-state index in [2.05, 4.69) is 32.9 Å². The second-order valence-corrected chi connectivity index (χ2v) is 7.03. The van der Waals surface area contributed by atoms with Crippen LogP contribution in [0.3, 0.4) is 0 Å². The van der Waals surface area contributed by atoms with E-state index in [1.54, 1.807) is 31.4 Å². The van der Waals surface area contributed by atoms with Crippen molar-refractivity contribution in [3.8, 4) is 0 Å². The number of methoxy groups -OCH3 is 1. The summed E-state index contributed by atoms with van der Waals surface area (Å²) in [6, 6.07) is 0. The van der Waals surface area contributed by atoms with E-state index in [0.717, 1.165) is 5.57 Å². The van der Waals surface area contributed by atoms with Gasteiger partial charge in [0.2, 0.25) is 0 Å². The largest absolute Gasteiger partial charge is 0.478 e. The maximum Gasteiger partial charge on any atom is 0.328 e. The summed E-state index contributed by atoms with van der Waals surface area (Å²) in [6.45, 7) is 10.1. The van der Waals surface area contributed by atoms with Gasteiger partial charge in [0.25, 0.3) is 0 Å². The Morgan fingerprint density at radius 3 is 2.46 bits per heavy atom. The predicted octanol–water partition coefficient (Wildman–Crippen LogP) is 5.62. The van der Waals surface area contributed by atoms with Crippen LogP contribution in [0.1, 0.15) is 47.8 Å². The highest BCUT2D eigenvalue weighted by Crippen LogP contribution is 2.34. The first-order valence-electron chi connectivity index (χ1n) is 7.83. The van der Waals surface area contributed by atoms with Gasteiger partial charge in [0.1, 0.15) is 0 Å². The Labute approximate surface area is 148 Å². The van der Waals surface area contributed by atoms with Crippen LogP contribution in [0.2, 0.25) is 0 Å². The van der Waals surface area contributed by atoms with Crippen LogP contribution < -0.4 is 0 Å². The predicted molar refractivity (Wildman–Crippen MR) is 103 cm³/mol. The number of aliphatic carboxylic acids is 1. The lowest BCUT2D eigenvalue weighted by molar-refractivity contribution is -0.131. The van der Waals surface area contributed by atoms with E-state index < -0.39 is 5.97 Å². The van der Waals surface area contributed by atoms with Crippen molar-refractivity contribution >= 4 is 23.4 Å². The first-order valence-corrected chi connectivity index (χ1v) is 8.64. The molecule has 0 bridgehead atoms. The summed E-state index contributed by atoms with van der Waals surface area (Å²) in [7, 11) is 1.73. The average molecular weight is 346 g/mol. The van der Waals surface area contributed by atoms with Gasteiger partial charge in [-0.2, -0.15) is 0 Å². The lowest BCUT2D eigenvalue weighted by Gasteiger charge is -2.08. The van der Waals surface area contributed by atoms with Crippen molar-refractivity contribution in [3.63, 3.8) is 0 Å². The molecule has 1 unspecified atom stereocenters. The number of aryl methyl sites for hydroxylation is 1. The van der Waals surface area contributed by atoms with Crippen LogP contribution in [0, 0.1) is 13.8 Å². The number of hydrogen-bond acceptors (Lipinski definition) is 3. The molecule has 24 heavy (non-hydrogen) atoms. The molecule has 4 heteroatoms. The van der Waals surface area contributed by atoms with Gasteiger partial charge in [0.05, 0.1) is 6.10 Å². The first kappa shape index (κ1) is 20.1. The fraction of sp³-hybridized carbons (Fsp3) is 0.350. The molecule has 0 aliphatic carbocycles. The number of allylic oxidation sites excluding steroid dienone is 6. The van der Waals surface area contributed by atoms with Crippen LogP contribution in [-0.2, 0) is 9.53 Å². The molecule has 0 aliphatic rings. The van der Waals surface area contributed by atoms with Crippen LogP contribution in [0.25, 0.3) is 6.08 Å². The Hall–Kier alpha value is -1.91. The van der Waals surface area contributed by atoms with Crippen molar-refractivity contribution in [1.29, 1.82) is 0 Å². The Kier molecular flexibility index (Phi) is 7.89. The Balaban J connectivity index is 2.89. The molecule has 1 atom stereocenters. The summed E-state index contributed by atoms with van der Waals surface area (Å²) in [5, 5.41) is 8.67. The monoisotopic (exact) mass is 346 g/mol. The van der Waals surface area contributed by atoms with E-state index >= 15 is 0 Å². The molecule has 1 N–H and O–H groups in total. The van der Waals surface area contributed by atoms with Crippen LogP contribution in [0.15, 0.2) is 41.5 Å². The van der Waals surface area contributed by atoms with Gasteiger partial charge in [-0.15, -0.1) is 11.3 Å². The first-order chi connectivity index (χ1) is 11.3. The second kappa shape index (κ2) is 9.40. The van der Waals surface area contributed by atoms with Gasteiger partial charge in [-0.25, -0.2) is 4.79 Å². The van der Waals surface area contributed by atoms with E-state index in [1.807, 2.05) is 19.1 Å². The topological polar surface area (TPSA) is 46.5 Å². The van der Waals surface area contributed by atoms with E-state index in [0.29, 0.717) is 5.57 Å². The van der Waals surface area contributed by atoms with E-state index in [1.165, 1.54) is 27.0 Å². The molecule has 0 fully saturated rings. The molecule has 3 nitrogen and oxygen atoms in total. The molecule has 0 saturated heterocycles. The second-order valence-electron chi connectivity index (χ2n) is 5.77. The van der Waals surface area contributed by atoms with Gasteiger partial charge in [-0.3, -0.25) is 0 Å². The smallest absolute Gasteiger partial charge is 0.328 e.